The maximum Gasteiger partial charge on any atom is 0.300 e. The minimum absolute atomic E-state index is 0.0825. The van der Waals surface area contributed by atoms with Gasteiger partial charge in [-0.25, -0.2) is 0 Å². The number of fused-ring (bicyclic) bond motifs is 4. The second-order valence-electron chi connectivity index (χ2n) is 13.3. The van der Waals surface area contributed by atoms with Crippen LogP contribution in [-0.2, 0) is 31.1 Å². The van der Waals surface area contributed by atoms with E-state index in [9.17, 15) is 25.9 Å². The van der Waals surface area contributed by atoms with Gasteiger partial charge >= 0.3 is 0 Å². The highest BCUT2D eigenvalue weighted by atomic mass is 32.2. The van der Waals surface area contributed by atoms with Crippen molar-refractivity contribution in [2.75, 3.05) is 5.32 Å². The number of hydrogen-bond acceptors (Lipinski definition) is 7. The summed E-state index contributed by atoms with van der Waals surface area (Å²) in [6.07, 6.45) is 0. The average molecular weight is 625 g/mol. The predicted molar refractivity (Wildman–Crippen MR) is 164 cm³/mol. The van der Waals surface area contributed by atoms with E-state index in [2.05, 4.69) is 24.2 Å². The lowest BCUT2D eigenvalue weighted by Gasteiger charge is -2.29. The predicted octanol–water partition coefficient (Wildman–Crippen LogP) is 5.05. The molecule has 0 amide bonds. The molecule has 2 unspecified atom stereocenters. The van der Waals surface area contributed by atoms with Crippen LogP contribution in [0, 0.1) is 0 Å². The number of benzene rings is 3. The summed E-state index contributed by atoms with van der Waals surface area (Å²) in [6.45, 7) is 15.8. The zero-order chi connectivity index (χ0) is 31.6. The van der Waals surface area contributed by atoms with Gasteiger partial charge in [-0.05, 0) is 54.2 Å². The molecule has 0 aliphatic carbocycles. The first-order valence-electron chi connectivity index (χ1n) is 14.3. The van der Waals surface area contributed by atoms with Crippen LogP contribution in [0.5, 0.6) is 11.5 Å². The van der Waals surface area contributed by atoms with Crippen LogP contribution >= 0.6 is 0 Å². The molecule has 3 aromatic carbocycles. The topological polar surface area (TPSA) is 142 Å². The van der Waals surface area contributed by atoms with Crippen LogP contribution in [0.25, 0.3) is 5.57 Å². The highest BCUT2D eigenvalue weighted by molar-refractivity contribution is 7.86. The standard InChI is InChI=1S/C32H36N2O7S2/c1-15(2)18-9-11-19(12-10-18)24-20-13-22-25(33-16(3)31(22,5)6)29(42(35,36)37)27(20)41-28-21(24)14-23-26(30(28)43(38,39)40)34-17(4)32(23,7)8/h9-17,33H,1-8H3,(H,35,36,37)(H,38,39,40). The molecule has 0 spiro atoms. The molecule has 9 nitrogen and oxygen atoms in total. The fourth-order valence-corrected chi connectivity index (χ4v) is 8.01. The molecule has 3 aromatic rings. The van der Waals surface area contributed by atoms with Crippen molar-refractivity contribution >= 4 is 31.5 Å². The molecule has 3 heterocycles. The molecule has 0 saturated carbocycles. The van der Waals surface area contributed by atoms with E-state index in [1.165, 1.54) is 0 Å². The molecule has 3 aliphatic heterocycles. The molecule has 3 aliphatic rings. The third-order valence-electron chi connectivity index (χ3n) is 9.77. The Labute approximate surface area is 252 Å². The first-order valence-corrected chi connectivity index (χ1v) is 17.2. The smallest absolute Gasteiger partial charge is 0.300 e. The zero-order valence-corrected chi connectivity index (χ0v) is 27.0. The molecule has 0 saturated heterocycles. The number of anilines is 1. The monoisotopic (exact) mass is 624 g/mol. The molecule has 3 N–H and O–H groups in total. The third-order valence-corrected chi connectivity index (χ3v) is 11.6. The quantitative estimate of drug-likeness (QED) is 0.268. The van der Waals surface area contributed by atoms with E-state index >= 15 is 0 Å². The van der Waals surface area contributed by atoms with Gasteiger partial charge in [-0.1, -0.05) is 65.8 Å². The van der Waals surface area contributed by atoms with Gasteiger partial charge in [-0.2, -0.15) is 16.8 Å². The van der Waals surface area contributed by atoms with Crippen LogP contribution in [0.1, 0.15) is 89.1 Å². The van der Waals surface area contributed by atoms with E-state index in [0.29, 0.717) is 33.0 Å². The summed E-state index contributed by atoms with van der Waals surface area (Å²) in [5.74, 6) is -0.195. The maximum absolute atomic E-state index is 13.1. The Morgan fingerprint density at radius 1 is 0.860 bits per heavy atom. The Kier molecular flexibility index (Phi) is 6.33. The molecule has 43 heavy (non-hydrogen) atoms. The maximum atomic E-state index is 13.1. The zero-order valence-electron chi connectivity index (χ0n) is 25.4. The fraction of sp³-hybridized carbons (Fsp3) is 0.406. The van der Waals surface area contributed by atoms with Crippen LogP contribution in [0.15, 0.2) is 51.2 Å². The van der Waals surface area contributed by atoms with E-state index in [1.807, 2.05) is 77.9 Å². The summed E-state index contributed by atoms with van der Waals surface area (Å²) >= 11 is 0. The lowest BCUT2D eigenvalue weighted by Crippen LogP contribution is -2.33. The van der Waals surface area contributed by atoms with Crippen LogP contribution in [-0.4, -0.2) is 38.0 Å². The highest BCUT2D eigenvalue weighted by Gasteiger charge is 2.45. The molecule has 11 heteroatoms. The SMILES string of the molecule is CC(C)c1ccc(C2=c3cc4c(c(S(=O)(=O)O)c3Oc3c2cc2c(c3S(=O)(=O)O)NC(C)C2(C)C)=NC(C)C4(C)C)cc1. The molecular weight excluding hydrogens is 588 g/mol. The lowest BCUT2D eigenvalue weighted by molar-refractivity contribution is 0.424. The molecule has 228 valence electrons. The van der Waals surface area contributed by atoms with E-state index < -0.39 is 40.9 Å². The van der Waals surface area contributed by atoms with Gasteiger partial charge in [0, 0.05) is 33.2 Å². The Bertz CT molecular complexity index is 2080. The van der Waals surface area contributed by atoms with Crippen molar-refractivity contribution in [3.05, 3.63) is 74.8 Å². The second-order valence-corrected chi connectivity index (χ2v) is 16.0. The normalized spacial score (nSPS) is 21.3. The molecule has 6 rings (SSSR count). The number of hydrogen-bond donors (Lipinski definition) is 3. The van der Waals surface area contributed by atoms with Crippen molar-refractivity contribution in [1.82, 2.24) is 0 Å². The van der Waals surface area contributed by atoms with Crippen LogP contribution in [0.3, 0.4) is 0 Å². The van der Waals surface area contributed by atoms with Gasteiger partial charge in [0.2, 0.25) is 0 Å². The number of ether oxygens (including phenoxy) is 1. The minimum atomic E-state index is -4.92. The molecule has 2 atom stereocenters. The largest absolute Gasteiger partial charge is 0.453 e. The van der Waals surface area contributed by atoms with Gasteiger partial charge in [-0.15, -0.1) is 0 Å². The number of rotatable bonds is 4. The summed E-state index contributed by atoms with van der Waals surface area (Å²) in [4.78, 5) is 3.61. The molecule has 0 bridgehead atoms. The fourth-order valence-electron chi connectivity index (χ4n) is 6.40. The van der Waals surface area contributed by atoms with E-state index in [-0.39, 0.29) is 40.5 Å². The second kappa shape index (κ2) is 9.13. The van der Waals surface area contributed by atoms with E-state index in [1.54, 1.807) is 0 Å². The summed E-state index contributed by atoms with van der Waals surface area (Å²) in [5, 5.41) is 3.66. The molecule has 0 fully saturated rings. The van der Waals surface area contributed by atoms with Crippen molar-refractivity contribution in [2.24, 2.45) is 4.99 Å². The summed E-state index contributed by atoms with van der Waals surface area (Å²) < 4.78 is 79.8. The van der Waals surface area contributed by atoms with Crippen LogP contribution in [0.4, 0.5) is 5.69 Å². The average Bonchev–Trinajstić information content (AvgIpc) is 3.24. The van der Waals surface area contributed by atoms with Crippen molar-refractivity contribution in [1.29, 1.82) is 0 Å². The Balaban J connectivity index is 1.87. The minimum Gasteiger partial charge on any atom is -0.453 e. The van der Waals surface area contributed by atoms with Crippen molar-refractivity contribution in [3.63, 3.8) is 0 Å². The Morgan fingerprint density at radius 3 is 2.02 bits per heavy atom. The molecule has 0 aromatic heterocycles. The highest BCUT2D eigenvalue weighted by Crippen LogP contribution is 2.52. The van der Waals surface area contributed by atoms with Gasteiger partial charge in [0.25, 0.3) is 20.2 Å². The van der Waals surface area contributed by atoms with E-state index in [4.69, 9.17) is 4.74 Å². The van der Waals surface area contributed by atoms with Gasteiger partial charge in [0.15, 0.2) is 21.3 Å². The Morgan fingerprint density at radius 2 is 1.47 bits per heavy atom. The first-order chi connectivity index (χ1) is 19.8. The van der Waals surface area contributed by atoms with E-state index in [0.717, 1.165) is 5.56 Å². The first kappa shape index (κ1) is 29.8. The summed E-state index contributed by atoms with van der Waals surface area (Å²) in [5.41, 5.74) is 3.10. The molecule has 0 radical (unpaired) electrons. The van der Waals surface area contributed by atoms with Crippen molar-refractivity contribution in [2.45, 2.75) is 94.0 Å². The lowest BCUT2D eigenvalue weighted by atomic mass is 9.78. The summed E-state index contributed by atoms with van der Waals surface area (Å²) in [7, 11) is -9.81. The van der Waals surface area contributed by atoms with Gasteiger partial charge in [0.05, 0.1) is 17.1 Å². The van der Waals surface area contributed by atoms with Gasteiger partial charge in [-0.3, -0.25) is 14.1 Å². The summed E-state index contributed by atoms with van der Waals surface area (Å²) in [6, 6.07) is 11.0. The Hall–Kier alpha value is -3.25. The van der Waals surface area contributed by atoms with Crippen molar-refractivity contribution in [3.8, 4) is 11.5 Å². The van der Waals surface area contributed by atoms with Crippen LogP contribution in [0.2, 0.25) is 0 Å². The molecular formula is C32H36N2O7S2. The number of nitrogens with one attached hydrogen (secondary N) is 1. The van der Waals surface area contributed by atoms with Gasteiger partial charge in [0.1, 0.15) is 0 Å². The van der Waals surface area contributed by atoms with Crippen molar-refractivity contribution < 1.29 is 30.7 Å². The number of nitrogens with zero attached hydrogens (tertiary/aromatic N) is 1. The van der Waals surface area contributed by atoms with Crippen LogP contribution < -0.4 is 20.6 Å². The van der Waals surface area contributed by atoms with Gasteiger partial charge < -0.3 is 10.1 Å². The third kappa shape index (κ3) is 4.27.